The molecule has 5 heteroatoms. The maximum absolute atomic E-state index is 12.5. The summed E-state index contributed by atoms with van der Waals surface area (Å²) < 4.78 is 0. The van der Waals surface area contributed by atoms with Crippen LogP contribution in [0.4, 0.5) is 5.69 Å². The van der Waals surface area contributed by atoms with Crippen LogP contribution in [0.1, 0.15) is 36.8 Å². The number of amides is 1. The summed E-state index contributed by atoms with van der Waals surface area (Å²) in [5.74, 6) is 0.343. The molecule has 1 atom stereocenters. The van der Waals surface area contributed by atoms with Crippen LogP contribution in [0.2, 0.25) is 0 Å². The number of nitrogens with zero attached hydrogens (tertiary/aromatic N) is 2. The first kappa shape index (κ1) is 22.2. The number of fused-ring (bicyclic) bond motifs is 2. The molecule has 0 radical (unpaired) electrons. The molecular weight excluding hydrogens is 410 g/mol. The Morgan fingerprint density at radius 3 is 2.48 bits per heavy atom. The number of para-hydroxylation sites is 1. The van der Waals surface area contributed by atoms with Gasteiger partial charge < -0.3 is 20.2 Å². The number of aliphatic hydroxyl groups is 1. The van der Waals surface area contributed by atoms with Crippen molar-refractivity contribution in [3.8, 4) is 0 Å². The molecule has 33 heavy (non-hydrogen) atoms. The Bertz CT molecular complexity index is 974. The minimum atomic E-state index is -0.315. The molecule has 2 saturated heterocycles. The van der Waals surface area contributed by atoms with Crippen molar-refractivity contribution < 1.29 is 9.90 Å². The molecule has 3 heterocycles. The van der Waals surface area contributed by atoms with Crippen LogP contribution < -0.4 is 5.32 Å². The van der Waals surface area contributed by atoms with Crippen molar-refractivity contribution in [1.82, 2.24) is 9.80 Å². The molecule has 1 amide bonds. The van der Waals surface area contributed by atoms with Crippen molar-refractivity contribution in [3.05, 3.63) is 71.8 Å². The van der Waals surface area contributed by atoms with E-state index in [2.05, 4.69) is 34.5 Å². The second-order valence-corrected chi connectivity index (χ2v) is 9.95. The van der Waals surface area contributed by atoms with Crippen molar-refractivity contribution in [3.63, 3.8) is 0 Å². The van der Waals surface area contributed by atoms with E-state index in [0.29, 0.717) is 0 Å². The van der Waals surface area contributed by atoms with Gasteiger partial charge >= 0.3 is 0 Å². The molecule has 2 N–H and O–H groups in total. The van der Waals surface area contributed by atoms with Crippen molar-refractivity contribution in [1.29, 1.82) is 0 Å². The number of hydrogen-bond acceptors (Lipinski definition) is 4. The first-order valence-corrected chi connectivity index (χ1v) is 12.4. The molecule has 2 fully saturated rings. The molecule has 174 valence electrons. The lowest BCUT2D eigenvalue weighted by Gasteiger charge is -2.41. The molecule has 0 aromatic heterocycles. The Balaban J connectivity index is 1.07. The third kappa shape index (κ3) is 4.85. The lowest BCUT2D eigenvalue weighted by atomic mass is 9.74. The third-order valence-electron chi connectivity index (χ3n) is 7.99. The monoisotopic (exact) mass is 445 g/mol. The van der Waals surface area contributed by atoms with Crippen molar-refractivity contribution >= 4 is 17.7 Å². The summed E-state index contributed by atoms with van der Waals surface area (Å²) in [5, 5.41) is 14.5. The smallest absolute Gasteiger partial charge is 0.246 e. The zero-order valence-corrected chi connectivity index (χ0v) is 19.3. The number of carbonyl (C=O) groups is 1. The largest absolute Gasteiger partial charge is 0.392 e. The Kier molecular flexibility index (Phi) is 6.52. The fourth-order valence-corrected chi connectivity index (χ4v) is 5.82. The number of rotatable bonds is 5. The van der Waals surface area contributed by atoms with Gasteiger partial charge in [-0.15, -0.1) is 0 Å². The molecule has 1 spiro atoms. The van der Waals surface area contributed by atoms with Gasteiger partial charge in [0.05, 0.1) is 6.10 Å². The number of likely N-dealkylation sites (tertiary alicyclic amines) is 2. The summed E-state index contributed by atoms with van der Waals surface area (Å²) in [6.45, 7) is 5.31. The second kappa shape index (κ2) is 9.70. The van der Waals surface area contributed by atoms with Crippen LogP contribution in [0.15, 0.2) is 60.7 Å². The highest BCUT2D eigenvalue weighted by atomic mass is 16.3. The molecule has 2 aromatic carbocycles. The number of piperidine rings is 2. The van der Waals surface area contributed by atoms with Gasteiger partial charge in [0.25, 0.3) is 0 Å². The second-order valence-electron chi connectivity index (χ2n) is 9.95. The first-order valence-electron chi connectivity index (χ1n) is 12.4. The van der Waals surface area contributed by atoms with Gasteiger partial charge in [-0.2, -0.15) is 0 Å². The Hall–Kier alpha value is -2.63. The Labute approximate surface area is 197 Å². The normalized spacial score (nSPS) is 21.8. The standard InChI is InChI=1S/C28H35N3O2/c32-26(20-30-18-14-28(15-19-30)21-29-25-9-5-4-8-24(25)28)23-12-16-31(17-13-23)27(33)11-10-22-6-2-1-3-7-22/h1-11,23,26,29,32H,12-21H2/b11-10+/t26-/m0/s1. The molecule has 5 nitrogen and oxygen atoms in total. The minimum Gasteiger partial charge on any atom is -0.392 e. The summed E-state index contributed by atoms with van der Waals surface area (Å²) >= 11 is 0. The van der Waals surface area contributed by atoms with Gasteiger partial charge in [0.1, 0.15) is 0 Å². The fraction of sp³-hybridized carbons (Fsp3) is 0.464. The third-order valence-corrected chi connectivity index (χ3v) is 7.99. The highest BCUT2D eigenvalue weighted by Crippen LogP contribution is 2.43. The number of benzene rings is 2. The average molecular weight is 446 g/mol. The van der Waals surface area contributed by atoms with E-state index in [4.69, 9.17) is 0 Å². The first-order chi connectivity index (χ1) is 16.1. The number of aliphatic hydroxyl groups excluding tert-OH is 1. The van der Waals surface area contributed by atoms with Gasteiger partial charge in [-0.1, -0.05) is 48.5 Å². The maximum atomic E-state index is 12.5. The van der Waals surface area contributed by atoms with E-state index in [1.807, 2.05) is 41.3 Å². The quantitative estimate of drug-likeness (QED) is 0.688. The maximum Gasteiger partial charge on any atom is 0.246 e. The molecule has 0 unspecified atom stereocenters. The molecular formula is C28H35N3O2. The van der Waals surface area contributed by atoms with Crippen LogP contribution in [0, 0.1) is 5.92 Å². The lowest BCUT2D eigenvalue weighted by Crippen LogP contribution is -2.48. The predicted octanol–water partition coefficient (Wildman–Crippen LogP) is 3.76. The van der Waals surface area contributed by atoms with E-state index in [-0.39, 0.29) is 23.3 Å². The van der Waals surface area contributed by atoms with Gasteiger partial charge in [-0.05, 0) is 68.0 Å². The summed E-state index contributed by atoms with van der Waals surface area (Å²) in [6, 6.07) is 18.6. The highest BCUT2D eigenvalue weighted by molar-refractivity contribution is 5.91. The van der Waals surface area contributed by atoms with Gasteiger partial charge in [0.2, 0.25) is 5.91 Å². The SMILES string of the molecule is O=C(/C=C/c1ccccc1)N1CCC([C@@H](O)CN2CCC3(CC2)CNc2ccccc23)CC1. The molecule has 0 bridgehead atoms. The Morgan fingerprint density at radius 1 is 1.03 bits per heavy atom. The number of anilines is 1. The topological polar surface area (TPSA) is 55.8 Å². The minimum absolute atomic E-state index is 0.0681. The van der Waals surface area contributed by atoms with Gasteiger partial charge in [-0.25, -0.2) is 0 Å². The zero-order chi connectivity index (χ0) is 22.7. The van der Waals surface area contributed by atoms with E-state index in [0.717, 1.165) is 70.5 Å². The molecule has 3 aliphatic heterocycles. The molecule has 0 saturated carbocycles. The van der Waals surface area contributed by atoms with E-state index in [1.165, 1.54) is 11.3 Å². The van der Waals surface area contributed by atoms with Crippen LogP contribution >= 0.6 is 0 Å². The van der Waals surface area contributed by atoms with Crippen molar-refractivity contribution in [2.24, 2.45) is 5.92 Å². The number of nitrogens with one attached hydrogen (secondary N) is 1. The van der Waals surface area contributed by atoms with Crippen LogP contribution in [0.5, 0.6) is 0 Å². The van der Waals surface area contributed by atoms with Crippen LogP contribution in [-0.2, 0) is 10.2 Å². The average Bonchev–Trinajstić information content (AvgIpc) is 3.23. The molecule has 2 aromatic rings. The summed E-state index contributed by atoms with van der Waals surface area (Å²) in [4.78, 5) is 16.9. The summed E-state index contributed by atoms with van der Waals surface area (Å²) in [5.41, 5.74) is 4.07. The number of carbonyl (C=O) groups excluding carboxylic acids is 1. The van der Waals surface area contributed by atoms with E-state index in [1.54, 1.807) is 6.08 Å². The zero-order valence-electron chi connectivity index (χ0n) is 19.3. The van der Waals surface area contributed by atoms with Crippen LogP contribution in [-0.4, -0.2) is 66.2 Å². The van der Waals surface area contributed by atoms with Gasteiger partial charge in [0, 0.05) is 43.4 Å². The lowest BCUT2D eigenvalue weighted by molar-refractivity contribution is -0.128. The van der Waals surface area contributed by atoms with Crippen molar-refractivity contribution in [2.45, 2.75) is 37.2 Å². The molecule has 5 rings (SSSR count). The van der Waals surface area contributed by atoms with Crippen LogP contribution in [0.3, 0.4) is 0 Å². The van der Waals surface area contributed by atoms with Crippen molar-refractivity contribution in [2.75, 3.05) is 44.6 Å². The summed E-state index contributed by atoms with van der Waals surface area (Å²) in [6.07, 6.45) is 7.28. The van der Waals surface area contributed by atoms with Crippen LogP contribution in [0.25, 0.3) is 6.08 Å². The van der Waals surface area contributed by atoms with Gasteiger partial charge in [0.15, 0.2) is 0 Å². The predicted molar refractivity (Wildman–Crippen MR) is 133 cm³/mol. The Morgan fingerprint density at radius 2 is 1.73 bits per heavy atom. The number of hydrogen-bond donors (Lipinski definition) is 2. The molecule has 3 aliphatic rings. The van der Waals surface area contributed by atoms with E-state index < -0.39 is 0 Å². The number of β-amino-alcohol motifs (C(OH)–C–C–N with tert-alkyl or cyclic N) is 1. The van der Waals surface area contributed by atoms with Gasteiger partial charge in [-0.3, -0.25) is 4.79 Å². The fourth-order valence-electron chi connectivity index (χ4n) is 5.82. The summed E-state index contributed by atoms with van der Waals surface area (Å²) in [7, 11) is 0. The highest BCUT2D eigenvalue weighted by Gasteiger charge is 2.41. The van der Waals surface area contributed by atoms with E-state index >= 15 is 0 Å². The molecule has 0 aliphatic carbocycles. The van der Waals surface area contributed by atoms with E-state index in [9.17, 15) is 9.90 Å².